The number of hydrogen-bond donors (Lipinski definition) is 0. The number of nitrogens with zero attached hydrogens (tertiary/aromatic N) is 3. The molecule has 0 N–H and O–H groups in total. The van der Waals surface area contributed by atoms with E-state index >= 15 is 0 Å². The first-order chi connectivity index (χ1) is 22.1. The van der Waals surface area contributed by atoms with Gasteiger partial charge >= 0.3 is 0 Å². The third kappa shape index (κ3) is 3.41. The predicted molar refractivity (Wildman–Crippen MR) is 190 cm³/mol. The molecule has 3 heteroatoms. The third-order valence-electron chi connectivity index (χ3n) is 9.66. The molecule has 0 bridgehead atoms. The van der Waals surface area contributed by atoms with E-state index in [-0.39, 0.29) is 0 Å². The number of aromatic nitrogens is 3. The van der Waals surface area contributed by atoms with Crippen molar-refractivity contribution in [3.8, 4) is 22.4 Å². The smallest absolute Gasteiger partial charge is 0.0979 e. The minimum atomic E-state index is 0.884. The van der Waals surface area contributed by atoms with E-state index in [9.17, 15) is 0 Å². The van der Waals surface area contributed by atoms with E-state index in [1.54, 1.807) is 0 Å². The van der Waals surface area contributed by atoms with Gasteiger partial charge in [0.1, 0.15) is 0 Å². The number of para-hydroxylation sites is 2. The van der Waals surface area contributed by atoms with Gasteiger partial charge < -0.3 is 4.40 Å². The summed E-state index contributed by atoms with van der Waals surface area (Å²) >= 11 is 0. The van der Waals surface area contributed by atoms with Gasteiger partial charge in [-0.3, -0.25) is 4.98 Å². The Balaban J connectivity index is 1.10. The van der Waals surface area contributed by atoms with Crippen LogP contribution in [0.1, 0.15) is 11.1 Å². The summed E-state index contributed by atoms with van der Waals surface area (Å²) < 4.78 is 2.43. The fraction of sp³-hybridized carbons (Fsp3) is 0.0476. The molecule has 0 atom stereocenters. The first kappa shape index (κ1) is 24.6. The number of rotatable bonds is 2. The summed E-state index contributed by atoms with van der Waals surface area (Å²) in [5, 5.41) is 9.97. The van der Waals surface area contributed by atoms with Gasteiger partial charge in [-0.05, 0) is 53.9 Å². The summed E-state index contributed by atoms with van der Waals surface area (Å²) in [7, 11) is 0. The zero-order chi connectivity index (χ0) is 29.8. The van der Waals surface area contributed by atoms with Crippen LogP contribution >= 0.6 is 0 Å². The highest BCUT2D eigenvalue weighted by atomic mass is 14.9. The predicted octanol–water partition coefficient (Wildman–Crippen LogP) is 11.0. The Morgan fingerprint density at radius 2 is 1.07 bits per heavy atom. The molecular formula is C42H27N3. The molecule has 7 aromatic carbocycles. The van der Waals surface area contributed by atoms with Crippen molar-refractivity contribution in [3.05, 3.63) is 139 Å². The zero-order valence-corrected chi connectivity index (χ0v) is 25.0. The first-order valence-electron chi connectivity index (χ1n) is 15.5. The second kappa shape index (κ2) is 8.87. The molecule has 0 aliphatic carbocycles. The summed E-state index contributed by atoms with van der Waals surface area (Å²) in [6, 6.07) is 44.3. The molecule has 210 valence electrons. The number of benzene rings is 7. The second-order valence-electron chi connectivity index (χ2n) is 12.4. The maximum atomic E-state index is 5.22. The van der Waals surface area contributed by atoms with Crippen molar-refractivity contribution in [2.45, 2.75) is 13.8 Å². The Labute approximate surface area is 259 Å². The van der Waals surface area contributed by atoms with Crippen molar-refractivity contribution in [1.82, 2.24) is 14.4 Å². The van der Waals surface area contributed by atoms with E-state index in [1.807, 2.05) is 6.20 Å². The van der Waals surface area contributed by atoms with Crippen molar-refractivity contribution in [1.29, 1.82) is 0 Å². The van der Waals surface area contributed by atoms with Crippen molar-refractivity contribution in [2.75, 3.05) is 0 Å². The molecule has 0 saturated carbocycles. The molecule has 10 aromatic rings. The van der Waals surface area contributed by atoms with Crippen molar-refractivity contribution in [3.63, 3.8) is 0 Å². The molecule has 0 fully saturated rings. The Hall–Kier alpha value is -5.80. The van der Waals surface area contributed by atoms with Crippen LogP contribution in [0.5, 0.6) is 0 Å². The Morgan fingerprint density at radius 3 is 1.84 bits per heavy atom. The molecule has 0 aliphatic rings. The fourth-order valence-electron chi connectivity index (χ4n) is 7.53. The molecule has 45 heavy (non-hydrogen) atoms. The molecule has 3 nitrogen and oxygen atoms in total. The van der Waals surface area contributed by atoms with Gasteiger partial charge in [-0.1, -0.05) is 114 Å². The number of fused-ring (bicyclic) bond motifs is 12. The van der Waals surface area contributed by atoms with Crippen molar-refractivity contribution >= 4 is 70.7 Å². The van der Waals surface area contributed by atoms with Crippen LogP contribution in [0.25, 0.3) is 93.1 Å². The van der Waals surface area contributed by atoms with E-state index in [4.69, 9.17) is 9.97 Å². The summed E-state index contributed by atoms with van der Waals surface area (Å²) in [6.45, 7) is 4.29. The van der Waals surface area contributed by atoms with E-state index in [1.165, 1.54) is 71.1 Å². The monoisotopic (exact) mass is 573 g/mol. The average Bonchev–Trinajstić information content (AvgIpc) is 3.60. The zero-order valence-electron chi connectivity index (χ0n) is 25.0. The fourth-order valence-corrected chi connectivity index (χ4v) is 7.53. The minimum Gasteiger partial charge on any atom is -0.308 e. The van der Waals surface area contributed by atoms with Crippen molar-refractivity contribution < 1.29 is 0 Å². The van der Waals surface area contributed by atoms with Crippen LogP contribution < -0.4 is 0 Å². The maximum absolute atomic E-state index is 5.22. The van der Waals surface area contributed by atoms with Gasteiger partial charge in [0.05, 0.1) is 39.5 Å². The van der Waals surface area contributed by atoms with E-state index < -0.39 is 0 Å². The molecule has 3 aromatic heterocycles. The molecule has 0 radical (unpaired) electrons. The molecule has 0 saturated heterocycles. The molecular weight excluding hydrogens is 546 g/mol. The molecule has 10 rings (SSSR count). The highest BCUT2D eigenvalue weighted by Crippen LogP contribution is 2.40. The van der Waals surface area contributed by atoms with Crippen LogP contribution in [0.4, 0.5) is 0 Å². The summed E-state index contributed by atoms with van der Waals surface area (Å²) in [4.78, 5) is 10.2. The van der Waals surface area contributed by atoms with E-state index in [0.29, 0.717) is 0 Å². The van der Waals surface area contributed by atoms with Crippen LogP contribution in [0, 0.1) is 13.8 Å². The van der Waals surface area contributed by atoms with E-state index in [2.05, 4.69) is 140 Å². The van der Waals surface area contributed by atoms with Crippen LogP contribution in [0.3, 0.4) is 0 Å². The van der Waals surface area contributed by atoms with Gasteiger partial charge in [-0.2, -0.15) is 0 Å². The van der Waals surface area contributed by atoms with Gasteiger partial charge in [0, 0.05) is 37.9 Å². The standard InChI is InChI=1S/C42H27N3/c1-24-10-17-30-34(20-24)35-21-25(2)11-18-31(35)41-40(30)43-23-37(44-41)27-14-12-26(13-15-27)28-16-19-39-36(22-28)33-8-5-7-32-29-6-3-4-9-38(29)45(39)42(32)33/h3-23H,1-2H3. The maximum Gasteiger partial charge on any atom is 0.0979 e. The highest BCUT2D eigenvalue weighted by Gasteiger charge is 2.17. The summed E-state index contributed by atoms with van der Waals surface area (Å²) in [6.07, 6.45) is 1.92. The first-order valence-corrected chi connectivity index (χ1v) is 15.5. The van der Waals surface area contributed by atoms with Crippen LogP contribution in [-0.4, -0.2) is 14.4 Å². The lowest BCUT2D eigenvalue weighted by Crippen LogP contribution is -1.93. The Kier molecular flexibility index (Phi) is 4.85. The molecule has 0 spiro atoms. The molecule has 0 amide bonds. The van der Waals surface area contributed by atoms with Crippen LogP contribution in [0.15, 0.2) is 128 Å². The Morgan fingerprint density at radius 1 is 0.444 bits per heavy atom. The van der Waals surface area contributed by atoms with E-state index in [0.717, 1.165) is 33.1 Å². The lowest BCUT2D eigenvalue weighted by molar-refractivity contribution is 1.31. The SMILES string of the molecule is Cc1ccc2c(c1)c1cc(C)ccc1c1nc(-c3ccc(-c4ccc5c(c4)c4cccc6c7ccccc7n5c64)cc3)cnc21. The van der Waals surface area contributed by atoms with Gasteiger partial charge in [0.25, 0.3) is 0 Å². The van der Waals surface area contributed by atoms with Gasteiger partial charge in [-0.15, -0.1) is 0 Å². The topological polar surface area (TPSA) is 30.2 Å². The van der Waals surface area contributed by atoms with Gasteiger partial charge in [-0.25, -0.2) is 4.98 Å². The quantitative estimate of drug-likeness (QED) is 0.193. The van der Waals surface area contributed by atoms with Crippen LogP contribution in [-0.2, 0) is 0 Å². The van der Waals surface area contributed by atoms with Crippen LogP contribution in [0.2, 0.25) is 0 Å². The minimum absolute atomic E-state index is 0.884. The largest absolute Gasteiger partial charge is 0.308 e. The summed E-state index contributed by atoms with van der Waals surface area (Å²) in [5.74, 6) is 0. The number of aryl methyl sites for hydroxylation is 2. The summed E-state index contributed by atoms with van der Waals surface area (Å²) in [5.41, 5.74) is 12.6. The molecule has 0 unspecified atom stereocenters. The molecule has 3 heterocycles. The second-order valence-corrected chi connectivity index (χ2v) is 12.4. The highest BCUT2D eigenvalue weighted by molar-refractivity contribution is 6.24. The normalized spacial score (nSPS) is 12.2. The lowest BCUT2D eigenvalue weighted by Gasteiger charge is -2.12. The molecule has 0 aliphatic heterocycles. The van der Waals surface area contributed by atoms with Gasteiger partial charge in [0.2, 0.25) is 0 Å². The third-order valence-corrected chi connectivity index (χ3v) is 9.66. The Bertz CT molecular complexity index is 2820. The van der Waals surface area contributed by atoms with Crippen molar-refractivity contribution in [2.24, 2.45) is 0 Å². The number of hydrogen-bond acceptors (Lipinski definition) is 2. The average molecular weight is 574 g/mol. The lowest BCUT2D eigenvalue weighted by atomic mass is 9.96. The van der Waals surface area contributed by atoms with Gasteiger partial charge in [0.15, 0.2) is 0 Å².